The van der Waals surface area contributed by atoms with Crippen molar-refractivity contribution in [1.29, 1.82) is 0 Å². The summed E-state index contributed by atoms with van der Waals surface area (Å²) in [5.41, 5.74) is 0.267. The Morgan fingerprint density at radius 2 is 2.06 bits per heavy atom. The number of amides is 1. The lowest BCUT2D eigenvalue weighted by atomic mass is 9.90. The van der Waals surface area contributed by atoms with Gasteiger partial charge in [-0.15, -0.1) is 0 Å². The van der Waals surface area contributed by atoms with Crippen LogP contribution in [0.3, 0.4) is 0 Å². The standard InChI is InChI=1S/C13H17NO2/c1-3-4-9-13(16)10-7-5-6-8-11(10)14(2)12(13)15/h5-8,16H,3-4,9H2,1-2H3. The Labute approximate surface area is 95.7 Å². The highest BCUT2D eigenvalue weighted by Crippen LogP contribution is 2.42. The van der Waals surface area contributed by atoms with Crippen LogP contribution in [0.25, 0.3) is 0 Å². The molecule has 1 N–H and O–H groups in total. The molecule has 1 heterocycles. The SMILES string of the molecule is CCCCC1(O)C(=O)N(C)c2ccccc21. The molecule has 1 aliphatic rings. The van der Waals surface area contributed by atoms with E-state index in [0.29, 0.717) is 6.42 Å². The van der Waals surface area contributed by atoms with Gasteiger partial charge in [0, 0.05) is 12.6 Å². The number of carbonyl (C=O) groups is 1. The van der Waals surface area contributed by atoms with E-state index in [1.807, 2.05) is 24.3 Å². The van der Waals surface area contributed by atoms with Crippen LogP contribution in [0, 0.1) is 0 Å². The van der Waals surface area contributed by atoms with Gasteiger partial charge in [0.25, 0.3) is 5.91 Å². The van der Waals surface area contributed by atoms with Crippen LogP contribution < -0.4 is 4.90 Å². The summed E-state index contributed by atoms with van der Waals surface area (Å²) in [6.45, 7) is 2.05. The molecule has 16 heavy (non-hydrogen) atoms. The minimum Gasteiger partial charge on any atom is -0.375 e. The highest BCUT2D eigenvalue weighted by Gasteiger charge is 2.47. The van der Waals surface area contributed by atoms with Crippen LogP contribution >= 0.6 is 0 Å². The number of carbonyl (C=O) groups excluding carboxylic acids is 1. The van der Waals surface area contributed by atoms with Crippen LogP contribution in [0.4, 0.5) is 5.69 Å². The van der Waals surface area contributed by atoms with E-state index in [4.69, 9.17) is 0 Å². The highest BCUT2D eigenvalue weighted by molar-refractivity contribution is 6.06. The van der Waals surface area contributed by atoms with Crippen molar-refractivity contribution in [2.24, 2.45) is 0 Å². The summed E-state index contributed by atoms with van der Waals surface area (Å²) in [4.78, 5) is 13.6. The van der Waals surface area contributed by atoms with E-state index in [0.717, 1.165) is 24.1 Å². The lowest BCUT2D eigenvalue weighted by molar-refractivity contribution is -0.136. The number of fused-ring (bicyclic) bond motifs is 1. The fourth-order valence-corrected chi connectivity index (χ4v) is 2.29. The number of aliphatic hydroxyl groups is 1. The largest absolute Gasteiger partial charge is 0.375 e. The van der Waals surface area contributed by atoms with Crippen LogP contribution in [0.5, 0.6) is 0 Å². The Morgan fingerprint density at radius 1 is 1.38 bits per heavy atom. The molecule has 0 bridgehead atoms. The molecular weight excluding hydrogens is 202 g/mol. The van der Waals surface area contributed by atoms with Gasteiger partial charge in [-0.25, -0.2) is 0 Å². The maximum absolute atomic E-state index is 12.1. The van der Waals surface area contributed by atoms with Crippen LogP contribution in [-0.2, 0) is 10.4 Å². The van der Waals surface area contributed by atoms with Gasteiger partial charge in [0.05, 0.1) is 5.69 Å². The number of benzene rings is 1. The average Bonchev–Trinajstić information content (AvgIpc) is 2.51. The first-order valence-corrected chi connectivity index (χ1v) is 5.71. The molecule has 0 saturated carbocycles. The van der Waals surface area contributed by atoms with Crippen molar-refractivity contribution in [3.63, 3.8) is 0 Å². The Hall–Kier alpha value is -1.35. The predicted molar refractivity (Wildman–Crippen MR) is 63.3 cm³/mol. The third-order valence-corrected chi connectivity index (χ3v) is 3.26. The van der Waals surface area contributed by atoms with Gasteiger partial charge in [-0.2, -0.15) is 0 Å². The Kier molecular flexibility index (Phi) is 2.72. The van der Waals surface area contributed by atoms with E-state index in [9.17, 15) is 9.90 Å². The fourth-order valence-electron chi connectivity index (χ4n) is 2.29. The Morgan fingerprint density at radius 3 is 2.75 bits per heavy atom. The van der Waals surface area contributed by atoms with E-state index in [2.05, 4.69) is 6.92 Å². The molecule has 1 aliphatic heterocycles. The van der Waals surface area contributed by atoms with Gasteiger partial charge in [-0.05, 0) is 18.9 Å². The highest BCUT2D eigenvalue weighted by atomic mass is 16.3. The molecule has 1 amide bonds. The normalized spacial score (nSPS) is 23.7. The van der Waals surface area contributed by atoms with Gasteiger partial charge >= 0.3 is 0 Å². The van der Waals surface area contributed by atoms with Crippen molar-refractivity contribution in [3.05, 3.63) is 29.8 Å². The molecule has 0 radical (unpaired) electrons. The number of likely N-dealkylation sites (N-methyl/N-ethyl adjacent to an activating group) is 1. The molecule has 86 valence electrons. The number of hydrogen-bond acceptors (Lipinski definition) is 2. The second-order valence-electron chi connectivity index (χ2n) is 4.35. The summed E-state index contributed by atoms with van der Waals surface area (Å²) < 4.78 is 0. The minimum atomic E-state index is -1.30. The molecule has 1 aromatic carbocycles. The molecule has 0 saturated heterocycles. The number of anilines is 1. The van der Waals surface area contributed by atoms with Crippen molar-refractivity contribution in [2.45, 2.75) is 31.8 Å². The van der Waals surface area contributed by atoms with Crippen molar-refractivity contribution >= 4 is 11.6 Å². The van der Waals surface area contributed by atoms with Crippen molar-refractivity contribution in [3.8, 4) is 0 Å². The summed E-state index contributed by atoms with van der Waals surface area (Å²) in [6.07, 6.45) is 2.33. The summed E-state index contributed by atoms with van der Waals surface area (Å²) in [5.74, 6) is -0.206. The summed E-state index contributed by atoms with van der Waals surface area (Å²) >= 11 is 0. The first-order valence-electron chi connectivity index (χ1n) is 5.71. The quantitative estimate of drug-likeness (QED) is 0.845. The summed E-state index contributed by atoms with van der Waals surface area (Å²) in [5, 5.41) is 10.5. The van der Waals surface area contributed by atoms with E-state index in [1.54, 1.807) is 11.9 Å². The van der Waals surface area contributed by atoms with E-state index in [-0.39, 0.29) is 5.91 Å². The van der Waals surface area contributed by atoms with Crippen molar-refractivity contribution < 1.29 is 9.90 Å². The zero-order valence-corrected chi connectivity index (χ0v) is 9.73. The van der Waals surface area contributed by atoms with Gasteiger partial charge < -0.3 is 10.0 Å². The van der Waals surface area contributed by atoms with Crippen molar-refractivity contribution in [2.75, 3.05) is 11.9 Å². The molecule has 0 aliphatic carbocycles. The average molecular weight is 219 g/mol. The van der Waals surface area contributed by atoms with Gasteiger partial charge in [0.1, 0.15) is 0 Å². The molecule has 0 fully saturated rings. The van der Waals surface area contributed by atoms with Crippen LogP contribution in [-0.4, -0.2) is 18.1 Å². The third kappa shape index (κ3) is 1.43. The molecule has 1 unspecified atom stereocenters. The Bertz CT molecular complexity index is 416. The molecule has 1 atom stereocenters. The number of unbranched alkanes of at least 4 members (excludes halogenated alkanes) is 1. The molecule has 2 rings (SSSR count). The number of hydrogen-bond donors (Lipinski definition) is 1. The van der Waals surface area contributed by atoms with Gasteiger partial charge in [-0.3, -0.25) is 4.79 Å². The summed E-state index contributed by atoms with van der Waals surface area (Å²) in [7, 11) is 1.71. The molecule has 3 heteroatoms. The molecule has 0 aromatic heterocycles. The molecule has 1 aromatic rings. The monoisotopic (exact) mass is 219 g/mol. The van der Waals surface area contributed by atoms with E-state index in [1.165, 1.54) is 0 Å². The molecular formula is C13H17NO2. The predicted octanol–water partition coefficient (Wildman–Crippen LogP) is 2.04. The second kappa shape index (κ2) is 3.91. The van der Waals surface area contributed by atoms with Crippen molar-refractivity contribution in [1.82, 2.24) is 0 Å². The molecule has 0 spiro atoms. The minimum absolute atomic E-state index is 0.206. The lowest BCUT2D eigenvalue weighted by Gasteiger charge is -2.21. The zero-order chi connectivity index (χ0) is 11.8. The summed E-state index contributed by atoms with van der Waals surface area (Å²) in [6, 6.07) is 7.46. The first kappa shape index (κ1) is 11.1. The van der Waals surface area contributed by atoms with E-state index < -0.39 is 5.60 Å². The fraction of sp³-hybridized carbons (Fsp3) is 0.462. The van der Waals surface area contributed by atoms with Gasteiger partial charge in [0.2, 0.25) is 0 Å². The maximum Gasteiger partial charge on any atom is 0.263 e. The first-order chi connectivity index (χ1) is 7.61. The number of nitrogens with zero attached hydrogens (tertiary/aromatic N) is 1. The van der Waals surface area contributed by atoms with Crippen LogP contribution in [0.15, 0.2) is 24.3 Å². The smallest absolute Gasteiger partial charge is 0.263 e. The Balaban J connectivity index is 2.43. The molecule has 3 nitrogen and oxygen atoms in total. The topological polar surface area (TPSA) is 40.5 Å². The number of para-hydroxylation sites is 1. The second-order valence-corrected chi connectivity index (χ2v) is 4.35. The van der Waals surface area contributed by atoms with E-state index >= 15 is 0 Å². The van der Waals surface area contributed by atoms with Gasteiger partial charge in [-0.1, -0.05) is 31.5 Å². The number of rotatable bonds is 3. The zero-order valence-electron chi connectivity index (χ0n) is 9.73. The third-order valence-electron chi connectivity index (χ3n) is 3.26. The van der Waals surface area contributed by atoms with Crippen LogP contribution in [0.2, 0.25) is 0 Å². The lowest BCUT2D eigenvalue weighted by Crippen LogP contribution is -2.38. The van der Waals surface area contributed by atoms with Gasteiger partial charge in [0.15, 0.2) is 5.60 Å². The maximum atomic E-state index is 12.1. The van der Waals surface area contributed by atoms with Crippen LogP contribution in [0.1, 0.15) is 31.7 Å².